The Morgan fingerprint density at radius 1 is 0.659 bits per heavy atom. The molecule has 0 aliphatic carbocycles. The maximum Gasteiger partial charge on any atom is 0.327 e. The van der Waals surface area contributed by atoms with Crippen molar-refractivity contribution in [1.29, 1.82) is 0 Å². The lowest BCUT2D eigenvalue weighted by molar-refractivity contribution is -0.0665. The summed E-state index contributed by atoms with van der Waals surface area (Å²) in [6.45, 7) is 11.4. The molecule has 2 rings (SSSR count). The van der Waals surface area contributed by atoms with Gasteiger partial charge in [-0.15, -0.1) is 0 Å². The Morgan fingerprint density at radius 3 is 1.37 bits per heavy atom. The molecule has 2 aromatic rings. The largest absolute Gasteiger partial charge is 0.484 e. The third-order valence-electron chi connectivity index (χ3n) is 7.26. The lowest BCUT2D eigenvalue weighted by atomic mass is 9.76. The van der Waals surface area contributed by atoms with Crippen molar-refractivity contribution in [3.8, 4) is 5.75 Å². The number of benzene rings is 2. The van der Waals surface area contributed by atoms with Gasteiger partial charge in [0.1, 0.15) is 11.9 Å². The molecular formula is C31H50O8P2. The van der Waals surface area contributed by atoms with Gasteiger partial charge in [0, 0.05) is 0 Å². The molecule has 1 atom stereocenters. The van der Waals surface area contributed by atoms with Gasteiger partial charge < -0.3 is 38.5 Å². The average molecular weight is 613 g/mol. The molecule has 0 aromatic heterocycles. The van der Waals surface area contributed by atoms with E-state index in [1.807, 2.05) is 0 Å². The molecule has 0 aliphatic rings. The van der Waals surface area contributed by atoms with Gasteiger partial charge in [0.2, 0.25) is 0 Å². The number of aryl methyl sites for hydroxylation is 6. The Kier molecular flexibility index (Phi) is 15.7. The summed E-state index contributed by atoms with van der Waals surface area (Å²) in [6, 6.07) is 8.56. The van der Waals surface area contributed by atoms with Gasteiger partial charge in [0.25, 0.3) is 0 Å². The highest BCUT2D eigenvalue weighted by Crippen LogP contribution is 2.47. The Labute approximate surface area is 248 Å². The van der Waals surface area contributed by atoms with E-state index in [2.05, 4.69) is 65.8 Å². The molecule has 0 saturated carbocycles. The van der Waals surface area contributed by atoms with Crippen LogP contribution in [0.15, 0.2) is 24.3 Å². The van der Waals surface area contributed by atoms with Gasteiger partial charge in [-0.2, -0.15) is 0 Å². The first-order valence-corrected chi connectivity index (χ1v) is 17.0. The van der Waals surface area contributed by atoms with E-state index in [-0.39, 0.29) is 13.2 Å². The molecule has 0 heterocycles. The lowest BCUT2D eigenvalue weighted by Crippen LogP contribution is -2.44. The number of hydrogen-bond acceptors (Lipinski definition) is 8. The number of aliphatic hydroxyl groups is 1. The van der Waals surface area contributed by atoms with Crippen LogP contribution in [-0.4, -0.2) is 44.5 Å². The molecule has 41 heavy (non-hydrogen) atoms. The van der Waals surface area contributed by atoms with Gasteiger partial charge in [-0.3, -0.25) is 0 Å². The highest BCUT2D eigenvalue weighted by atomic mass is 31.2. The van der Waals surface area contributed by atoms with Gasteiger partial charge in [-0.25, -0.2) is 0 Å². The Hall–Kier alpha value is -1.18. The van der Waals surface area contributed by atoms with Crippen LogP contribution < -0.4 is 4.74 Å². The standard InChI is InChI=1S/C31H50O8P2/c1-7-11-24-15-22(5)16-25(12-8-2)28(24)30(31(19-32,20-37-40(33)34)21-38-41(35)36)39-29-26(13-9-3)17-23(6)18-27(29)14-10-4/h15-18,30,32-36H,7-14,19-21H2,1-6H3. The zero-order valence-corrected chi connectivity index (χ0v) is 27.3. The van der Waals surface area contributed by atoms with Gasteiger partial charge in [-0.1, -0.05) is 88.8 Å². The number of ether oxygens (including phenoxy) is 1. The molecule has 0 aliphatic heterocycles. The van der Waals surface area contributed by atoms with Crippen LogP contribution in [0.3, 0.4) is 0 Å². The first-order valence-electron chi connectivity index (χ1n) is 14.7. The van der Waals surface area contributed by atoms with Crippen molar-refractivity contribution in [3.05, 3.63) is 63.2 Å². The zero-order valence-electron chi connectivity index (χ0n) is 25.5. The number of rotatable bonds is 19. The molecule has 10 heteroatoms. The predicted octanol–water partition coefficient (Wildman–Crippen LogP) is 6.67. The molecule has 0 bridgehead atoms. The summed E-state index contributed by atoms with van der Waals surface area (Å²) >= 11 is 0. The monoisotopic (exact) mass is 612 g/mol. The summed E-state index contributed by atoms with van der Waals surface area (Å²) < 4.78 is 17.9. The fourth-order valence-corrected chi connectivity index (χ4v) is 6.33. The van der Waals surface area contributed by atoms with E-state index in [9.17, 15) is 24.7 Å². The van der Waals surface area contributed by atoms with E-state index in [0.717, 1.165) is 96.1 Å². The van der Waals surface area contributed by atoms with Gasteiger partial charge in [0.15, 0.2) is 0 Å². The van der Waals surface area contributed by atoms with Crippen molar-refractivity contribution in [2.45, 2.75) is 99.0 Å². The average Bonchev–Trinajstić information content (AvgIpc) is 2.90. The maximum atomic E-state index is 11.0. The Morgan fingerprint density at radius 2 is 1.02 bits per heavy atom. The van der Waals surface area contributed by atoms with Crippen molar-refractivity contribution in [3.63, 3.8) is 0 Å². The summed E-state index contributed by atoms with van der Waals surface area (Å²) in [5.41, 5.74) is 6.06. The quantitative estimate of drug-likeness (QED) is 0.111. The summed E-state index contributed by atoms with van der Waals surface area (Å²) in [4.78, 5) is 39.0. The molecule has 0 amide bonds. The van der Waals surface area contributed by atoms with Crippen LogP contribution in [0.4, 0.5) is 0 Å². The Bertz CT molecular complexity index is 1010. The lowest BCUT2D eigenvalue weighted by Gasteiger charge is -2.41. The van der Waals surface area contributed by atoms with Gasteiger partial charge in [0.05, 0.1) is 25.2 Å². The second-order valence-electron chi connectivity index (χ2n) is 11.0. The fraction of sp³-hybridized carbons (Fsp3) is 0.613. The third-order valence-corrected chi connectivity index (χ3v) is 7.98. The smallest absolute Gasteiger partial charge is 0.327 e. The maximum absolute atomic E-state index is 11.0. The van der Waals surface area contributed by atoms with Crippen molar-refractivity contribution in [1.82, 2.24) is 0 Å². The molecule has 0 spiro atoms. The molecule has 8 nitrogen and oxygen atoms in total. The van der Waals surface area contributed by atoms with Crippen molar-refractivity contribution >= 4 is 17.2 Å². The predicted molar refractivity (Wildman–Crippen MR) is 166 cm³/mol. The van der Waals surface area contributed by atoms with Crippen LogP contribution in [0.5, 0.6) is 5.75 Å². The van der Waals surface area contributed by atoms with E-state index in [1.165, 1.54) is 0 Å². The molecule has 1 unspecified atom stereocenters. The molecule has 2 aromatic carbocycles. The second kappa shape index (κ2) is 17.8. The van der Waals surface area contributed by atoms with Gasteiger partial charge in [-0.05, 0) is 67.3 Å². The van der Waals surface area contributed by atoms with Crippen LogP contribution in [-0.2, 0) is 34.7 Å². The number of aliphatic hydroxyl groups excluding tert-OH is 1. The molecule has 0 fully saturated rings. The fourth-order valence-electron chi connectivity index (χ4n) is 5.58. The first kappa shape index (κ1) is 36.0. The minimum Gasteiger partial charge on any atom is -0.484 e. The summed E-state index contributed by atoms with van der Waals surface area (Å²) in [7, 11) is -5.51. The first-order chi connectivity index (χ1) is 19.5. The summed E-state index contributed by atoms with van der Waals surface area (Å²) in [5, 5.41) is 11.0. The van der Waals surface area contributed by atoms with Crippen LogP contribution in [0.2, 0.25) is 0 Å². The molecule has 0 saturated heterocycles. The molecule has 232 valence electrons. The molecule has 0 radical (unpaired) electrons. The second-order valence-corrected chi connectivity index (χ2v) is 12.5. The molecule has 5 N–H and O–H groups in total. The third kappa shape index (κ3) is 10.2. The zero-order chi connectivity index (χ0) is 30.6. The summed E-state index contributed by atoms with van der Waals surface area (Å²) in [6.07, 6.45) is 5.90. The van der Waals surface area contributed by atoms with Crippen LogP contribution >= 0.6 is 17.2 Å². The van der Waals surface area contributed by atoms with E-state index >= 15 is 0 Å². The van der Waals surface area contributed by atoms with E-state index in [0.29, 0.717) is 0 Å². The Balaban J connectivity index is 2.98. The minimum absolute atomic E-state index is 0.334. The highest BCUT2D eigenvalue weighted by molar-refractivity contribution is 7.39. The summed E-state index contributed by atoms with van der Waals surface area (Å²) in [5.74, 6) is 0.748. The topological polar surface area (TPSA) is 129 Å². The minimum atomic E-state index is -2.75. The van der Waals surface area contributed by atoms with Gasteiger partial charge >= 0.3 is 17.2 Å². The SMILES string of the molecule is CCCc1cc(C)cc(CCC)c1OC(c1c(CCC)cc(C)cc1CCC)C(CO)(COP(O)O)COP(O)O. The highest BCUT2D eigenvalue weighted by Gasteiger charge is 2.46. The van der Waals surface area contributed by atoms with E-state index in [4.69, 9.17) is 13.8 Å². The van der Waals surface area contributed by atoms with E-state index < -0.39 is 35.3 Å². The van der Waals surface area contributed by atoms with Crippen LogP contribution in [0, 0.1) is 19.3 Å². The normalized spacial score (nSPS) is 12.9. The van der Waals surface area contributed by atoms with Crippen molar-refractivity contribution in [2.75, 3.05) is 19.8 Å². The van der Waals surface area contributed by atoms with Crippen LogP contribution in [0.1, 0.15) is 98.4 Å². The van der Waals surface area contributed by atoms with Crippen molar-refractivity contribution in [2.24, 2.45) is 5.41 Å². The van der Waals surface area contributed by atoms with E-state index in [1.54, 1.807) is 0 Å². The van der Waals surface area contributed by atoms with Crippen molar-refractivity contribution < 1.29 is 38.5 Å². The van der Waals surface area contributed by atoms with Crippen LogP contribution in [0.25, 0.3) is 0 Å². The molecular weight excluding hydrogens is 562 g/mol. The number of hydrogen-bond donors (Lipinski definition) is 5.